The van der Waals surface area contributed by atoms with Crippen molar-refractivity contribution in [1.82, 2.24) is 16.2 Å². The summed E-state index contributed by atoms with van der Waals surface area (Å²) >= 11 is 11.0. The van der Waals surface area contributed by atoms with Crippen molar-refractivity contribution in [2.75, 3.05) is 6.54 Å². The quantitative estimate of drug-likeness (QED) is 0.442. The van der Waals surface area contributed by atoms with E-state index in [0.717, 1.165) is 31.2 Å². The first-order chi connectivity index (χ1) is 10.6. The zero-order valence-corrected chi connectivity index (χ0v) is 13.8. The van der Waals surface area contributed by atoms with Crippen LogP contribution in [0.4, 0.5) is 0 Å². The molecule has 0 fully saturated rings. The SMILES string of the molecule is CCCCCNC(=S)NNC(=O)c1cc2cc(Cl)ccc2o1. The van der Waals surface area contributed by atoms with E-state index in [1.807, 2.05) is 0 Å². The van der Waals surface area contributed by atoms with Crippen LogP contribution in [0, 0.1) is 0 Å². The fourth-order valence-electron chi connectivity index (χ4n) is 1.92. The fourth-order valence-corrected chi connectivity index (χ4v) is 2.26. The van der Waals surface area contributed by atoms with Crippen molar-refractivity contribution in [3.05, 3.63) is 35.0 Å². The zero-order chi connectivity index (χ0) is 15.9. The van der Waals surface area contributed by atoms with E-state index in [2.05, 4.69) is 23.1 Å². The van der Waals surface area contributed by atoms with Crippen LogP contribution in [-0.2, 0) is 0 Å². The number of amides is 1. The molecule has 2 aromatic rings. The summed E-state index contributed by atoms with van der Waals surface area (Å²) in [6.45, 7) is 2.91. The van der Waals surface area contributed by atoms with Crippen LogP contribution in [0.3, 0.4) is 0 Å². The molecule has 5 nitrogen and oxygen atoms in total. The highest BCUT2D eigenvalue weighted by atomic mass is 35.5. The first-order valence-electron chi connectivity index (χ1n) is 7.13. The summed E-state index contributed by atoms with van der Waals surface area (Å²) in [6, 6.07) is 6.81. The van der Waals surface area contributed by atoms with Gasteiger partial charge in [-0.05, 0) is 42.9 Å². The van der Waals surface area contributed by atoms with E-state index in [0.29, 0.717) is 15.7 Å². The van der Waals surface area contributed by atoms with Crippen LogP contribution in [0.1, 0.15) is 36.7 Å². The van der Waals surface area contributed by atoms with Crippen LogP contribution < -0.4 is 16.2 Å². The molecule has 1 aromatic carbocycles. The number of rotatable bonds is 5. The molecule has 7 heteroatoms. The number of hydrogen-bond acceptors (Lipinski definition) is 3. The molecule has 2 rings (SSSR count). The van der Waals surface area contributed by atoms with Crippen LogP contribution in [0.25, 0.3) is 11.0 Å². The molecule has 22 heavy (non-hydrogen) atoms. The van der Waals surface area contributed by atoms with Gasteiger partial charge in [-0.1, -0.05) is 31.4 Å². The number of nitrogens with one attached hydrogen (secondary N) is 3. The van der Waals surface area contributed by atoms with E-state index < -0.39 is 5.91 Å². The third kappa shape index (κ3) is 4.61. The van der Waals surface area contributed by atoms with Gasteiger partial charge in [0.1, 0.15) is 5.58 Å². The molecule has 0 radical (unpaired) electrons. The van der Waals surface area contributed by atoms with Gasteiger partial charge in [-0.3, -0.25) is 15.6 Å². The largest absolute Gasteiger partial charge is 0.451 e. The van der Waals surface area contributed by atoms with Gasteiger partial charge in [0.15, 0.2) is 10.9 Å². The number of hydrogen-bond donors (Lipinski definition) is 3. The molecule has 3 N–H and O–H groups in total. The Morgan fingerprint density at radius 3 is 2.86 bits per heavy atom. The van der Waals surface area contributed by atoms with Crippen LogP contribution in [0.2, 0.25) is 5.02 Å². The van der Waals surface area contributed by atoms with Gasteiger partial charge in [-0.2, -0.15) is 0 Å². The molecule has 1 amide bonds. The van der Waals surface area contributed by atoms with Gasteiger partial charge in [0.2, 0.25) is 0 Å². The summed E-state index contributed by atoms with van der Waals surface area (Å²) in [4.78, 5) is 12.0. The molecule has 1 aromatic heterocycles. The van der Waals surface area contributed by atoms with Crippen LogP contribution in [-0.4, -0.2) is 17.6 Å². The summed E-state index contributed by atoms with van der Waals surface area (Å²) in [5.41, 5.74) is 5.75. The lowest BCUT2D eigenvalue weighted by Crippen LogP contribution is -2.46. The van der Waals surface area contributed by atoms with Gasteiger partial charge >= 0.3 is 5.91 Å². The molecular formula is C15H18ClN3O2S. The van der Waals surface area contributed by atoms with E-state index in [-0.39, 0.29) is 5.76 Å². The Labute approximate surface area is 139 Å². The third-order valence-electron chi connectivity index (χ3n) is 3.06. The van der Waals surface area contributed by atoms with Crippen LogP contribution >= 0.6 is 23.8 Å². The number of unbranched alkanes of at least 4 members (excludes halogenated alkanes) is 2. The molecule has 0 aliphatic heterocycles. The maximum Gasteiger partial charge on any atom is 0.305 e. The third-order valence-corrected chi connectivity index (χ3v) is 3.54. The van der Waals surface area contributed by atoms with Crippen molar-refractivity contribution in [3.63, 3.8) is 0 Å². The van der Waals surface area contributed by atoms with Gasteiger partial charge in [0, 0.05) is 17.0 Å². The molecule has 0 bridgehead atoms. The average molecular weight is 340 g/mol. The lowest BCUT2D eigenvalue weighted by atomic mass is 10.2. The van der Waals surface area contributed by atoms with Gasteiger partial charge in [0.25, 0.3) is 0 Å². The Bertz CT molecular complexity index is 672. The van der Waals surface area contributed by atoms with Gasteiger partial charge < -0.3 is 9.73 Å². The summed E-state index contributed by atoms with van der Waals surface area (Å²) in [6.07, 6.45) is 3.33. The summed E-state index contributed by atoms with van der Waals surface area (Å²) < 4.78 is 5.46. The Balaban J connectivity index is 1.84. The maximum atomic E-state index is 12.0. The average Bonchev–Trinajstić information content (AvgIpc) is 2.92. The van der Waals surface area contributed by atoms with Crippen molar-refractivity contribution in [3.8, 4) is 0 Å². The standard InChI is InChI=1S/C15H18ClN3O2S/c1-2-3-4-7-17-15(22)19-18-14(20)13-9-10-8-11(16)5-6-12(10)21-13/h5-6,8-9H,2-4,7H2,1H3,(H,18,20)(H2,17,19,22). The molecule has 118 valence electrons. The monoisotopic (exact) mass is 339 g/mol. The molecule has 0 atom stereocenters. The van der Waals surface area contributed by atoms with Gasteiger partial charge in [0.05, 0.1) is 0 Å². The Morgan fingerprint density at radius 1 is 1.27 bits per heavy atom. The lowest BCUT2D eigenvalue weighted by Gasteiger charge is -2.10. The van der Waals surface area contributed by atoms with E-state index in [9.17, 15) is 4.79 Å². The smallest absolute Gasteiger partial charge is 0.305 e. The minimum Gasteiger partial charge on any atom is -0.451 e. The van der Waals surface area contributed by atoms with Crippen molar-refractivity contribution in [2.45, 2.75) is 26.2 Å². The highest BCUT2D eigenvalue weighted by Gasteiger charge is 2.12. The molecule has 0 aliphatic carbocycles. The number of carbonyl (C=O) groups is 1. The first-order valence-corrected chi connectivity index (χ1v) is 7.92. The number of halogens is 1. The van der Waals surface area contributed by atoms with Crippen LogP contribution in [0.15, 0.2) is 28.7 Å². The number of carbonyl (C=O) groups excluding carboxylic acids is 1. The number of hydrazine groups is 1. The number of fused-ring (bicyclic) bond motifs is 1. The second kappa shape index (κ2) is 8.00. The van der Waals surface area contributed by atoms with Crippen molar-refractivity contribution < 1.29 is 9.21 Å². The maximum absolute atomic E-state index is 12.0. The van der Waals surface area contributed by atoms with E-state index in [1.54, 1.807) is 24.3 Å². The molecular weight excluding hydrogens is 322 g/mol. The fraction of sp³-hybridized carbons (Fsp3) is 0.333. The Kier molecular flexibility index (Phi) is 6.03. The van der Waals surface area contributed by atoms with Gasteiger partial charge in [-0.25, -0.2) is 0 Å². The molecule has 1 heterocycles. The second-order valence-electron chi connectivity index (χ2n) is 4.83. The zero-order valence-electron chi connectivity index (χ0n) is 12.2. The van der Waals surface area contributed by atoms with Crippen LogP contribution in [0.5, 0.6) is 0 Å². The Hall–Kier alpha value is -1.79. The summed E-state index contributed by atoms with van der Waals surface area (Å²) in [7, 11) is 0. The number of furan rings is 1. The highest BCUT2D eigenvalue weighted by molar-refractivity contribution is 7.80. The highest BCUT2D eigenvalue weighted by Crippen LogP contribution is 2.22. The lowest BCUT2D eigenvalue weighted by molar-refractivity contribution is 0.0918. The van der Waals surface area contributed by atoms with Crippen molar-refractivity contribution in [1.29, 1.82) is 0 Å². The normalized spacial score (nSPS) is 10.5. The molecule has 0 saturated carbocycles. The predicted molar refractivity (Wildman–Crippen MR) is 92.0 cm³/mol. The summed E-state index contributed by atoms with van der Waals surface area (Å²) in [5.74, 6) is -0.205. The first kappa shape index (κ1) is 16.6. The van der Waals surface area contributed by atoms with Crippen molar-refractivity contribution in [2.24, 2.45) is 0 Å². The van der Waals surface area contributed by atoms with Crippen molar-refractivity contribution >= 4 is 45.8 Å². The molecule has 0 unspecified atom stereocenters. The van der Waals surface area contributed by atoms with E-state index >= 15 is 0 Å². The second-order valence-corrected chi connectivity index (χ2v) is 5.68. The molecule has 0 saturated heterocycles. The predicted octanol–water partition coefficient (Wildman–Crippen LogP) is 3.39. The molecule has 0 spiro atoms. The summed E-state index contributed by atoms with van der Waals surface area (Å²) in [5, 5.41) is 4.76. The van der Waals surface area contributed by atoms with Gasteiger partial charge in [-0.15, -0.1) is 0 Å². The topological polar surface area (TPSA) is 66.3 Å². The van der Waals surface area contributed by atoms with E-state index in [4.69, 9.17) is 28.2 Å². The van der Waals surface area contributed by atoms with E-state index in [1.165, 1.54) is 0 Å². The molecule has 0 aliphatic rings. The number of benzene rings is 1. The Morgan fingerprint density at radius 2 is 2.09 bits per heavy atom. The number of thiocarbonyl (C=S) groups is 1. The minimum atomic E-state index is -0.398. The minimum absolute atomic E-state index is 0.193.